The highest BCUT2D eigenvalue weighted by Gasteiger charge is 2.41. The SMILES string of the molecule is COc1ccc(CN(Cc2ccc3c(c2)OCO3)Cc2ccc(C(=O)N3CCC4(CC3)OCCO4)o2)cc1OC. The molecule has 6 rings (SSSR count). The fourth-order valence-electron chi connectivity index (χ4n) is 5.49. The fourth-order valence-corrected chi connectivity index (χ4v) is 5.49. The Morgan fingerprint density at radius 1 is 0.850 bits per heavy atom. The number of ether oxygens (including phenoxy) is 6. The van der Waals surface area contributed by atoms with Gasteiger partial charge in [-0.05, 0) is 47.5 Å². The van der Waals surface area contributed by atoms with Gasteiger partial charge in [0.1, 0.15) is 5.76 Å². The number of likely N-dealkylation sites (tertiary alicyclic amines) is 1. The molecule has 10 nitrogen and oxygen atoms in total. The maximum Gasteiger partial charge on any atom is 0.289 e. The molecule has 0 bridgehead atoms. The van der Waals surface area contributed by atoms with E-state index in [4.69, 9.17) is 32.8 Å². The van der Waals surface area contributed by atoms with E-state index in [9.17, 15) is 4.79 Å². The predicted octanol–water partition coefficient (Wildman–Crippen LogP) is 4.21. The van der Waals surface area contributed by atoms with E-state index in [1.165, 1.54) is 0 Å². The van der Waals surface area contributed by atoms with Gasteiger partial charge in [0.25, 0.3) is 5.91 Å². The Morgan fingerprint density at radius 3 is 2.30 bits per heavy atom. The first-order valence-corrected chi connectivity index (χ1v) is 13.5. The molecule has 2 saturated heterocycles. The van der Waals surface area contributed by atoms with Gasteiger partial charge in [-0.15, -0.1) is 0 Å². The first-order valence-electron chi connectivity index (χ1n) is 13.5. The molecule has 1 spiro atoms. The fraction of sp³-hybridized carbons (Fsp3) is 0.433. The summed E-state index contributed by atoms with van der Waals surface area (Å²) in [6.07, 6.45) is 1.34. The van der Waals surface area contributed by atoms with Crippen molar-refractivity contribution in [1.29, 1.82) is 0 Å². The maximum atomic E-state index is 13.2. The number of nitrogens with zero attached hydrogens (tertiary/aromatic N) is 2. The Labute approximate surface area is 233 Å². The third-order valence-corrected chi connectivity index (χ3v) is 7.58. The van der Waals surface area contributed by atoms with E-state index in [2.05, 4.69) is 4.90 Å². The van der Waals surface area contributed by atoms with Crippen molar-refractivity contribution >= 4 is 5.91 Å². The summed E-state index contributed by atoms with van der Waals surface area (Å²) in [7, 11) is 3.25. The van der Waals surface area contributed by atoms with Gasteiger partial charge >= 0.3 is 0 Å². The molecule has 10 heteroatoms. The standard InChI is InChI=1S/C30H34N2O8/c1-34-24-6-3-21(15-27(24)35-2)17-31(18-22-4-7-25-28(16-22)37-20-36-25)19-23-5-8-26(40-23)29(33)32-11-9-30(10-12-32)38-13-14-39-30/h3-8,15-16H,9-14,17-20H2,1-2H3. The minimum atomic E-state index is -0.523. The highest BCUT2D eigenvalue weighted by molar-refractivity contribution is 5.91. The van der Waals surface area contributed by atoms with Crippen molar-refractivity contribution in [1.82, 2.24) is 9.80 Å². The van der Waals surface area contributed by atoms with Gasteiger partial charge in [-0.3, -0.25) is 9.69 Å². The van der Waals surface area contributed by atoms with Crippen LogP contribution in [0.5, 0.6) is 23.0 Å². The van der Waals surface area contributed by atoms with Gasteiger partial charge in [-0.25, -0.2) is 0 Å². The number of carbonyl (C=O) groups excluding carboxylic acids is 1. The van der Waals surface area contributed by atoms with Gasteiger partial charge in [0.05, 0.1) is 34.0 Å². The van der Waals surface area contributed by atoms with Crippen LogP contribution in [0.4, 0.5) is 0 Å². The van der Waals surface area contributed by atoms with E-state index >= 15 is 0 Å². The molecule has 1 amide bonds. The summed E-state index contributed by atoms with van der Waals surface area (Å²) in [6.45, 7) is 4.35. The molecule has 0 unspecified atom stereocenters. The smallest absolute Gasteiger partial charge is 0.289 e. The monoisotopic (exact) mass is 550 g/mol. The summed E-state index contributed by atoms with van der Waals surface area (Å²) in [5.41, 5.74) is 2.13. The van der Waals surface area contributed by atoms with Crippen LogP contribution in [0.15, 0.2) is 52.9 Å². The zero-order chi connectivity index (χ0) is 27.5. The highest BCUT2D eigenvalue weighted by Crippen LogP contribution is 2.34. The van der Waals surface area contributed by atoms with E-state index in [-0.39, 0.29) is 12.7 Å². The minimum Gasteiger partial charge on any atom is -0.493 e. The summed E-state index contributed by atoms with van der Waals surface area (Å²) in [5, 5.41) is 0. The van der Waals surface area contributed by atoms with Crippen LogP contribution in [0.25, 0.3) is 0 Å². The number of furan rings is 1. The van der Waals surface area contributed by atoms with Crippen molar-refractivity contribution in [2.75, 3.05) is 47.3 Å². The molecule has 0 aliphatic carbocycles. The number of fused-ring (bicyclic) bond motifs is 1. The zero-order valence-electron chi connectivity index (χ0n) is 22.9. The van der Waals surface area contributed by atoms with Gasteiger partial charge < -0.3 is 37.7 Å². The Hall–Kier alpha value is -3.73. The van der Waals surface area contributed by atoms with Gasteiger partial charge in [0.2, 0.25) is 6.79 Å². The maximum absolute atomic E-state index is 13.2. The lowest BCUT2D eigenvalue weighted by Crippen LogP contribution is -2.47. The van der Waals surface area contributed by atoms with E-state index < -0.39 is 5.79 Å². The van der Waals surface area contributed by atoms with Crippen molar-refractivity contribution in [3.05, 3.63) is 71.2 Å². The molecule has 3 aliphatic rings. The van der Waals surface area contributed by atoms with E-state index in [0.29, 0.717) is 81.8 Å². The van der Waals surface area contributed by atoms with Crippen LogP contribution in [0.2, 0.25) is 0 Å². The van der Waals surface area contributed by atoms with Crippen LogP contribution < -0.4 is 18.9 Å². The molecule has 0 N–H and O–H groups in total. The summed E-state index contributed by atoms with van der Waals surface area (Å²) in [4.78, 5) is 17.3. The zero-order valence-corrected chi connectivity index (χ0v) is 22.9. The average Bonchev–Trinajstić information content (AvgIpc) is 3.75. The van der Waals surface area contributed by atoms with Crippen LogP contribution in [0.3, 0.4) is 0 Å². The van der Waals surface area contributed by atoms with Crippen molar-refractivity contribution < 1.29 is 37.6 Å². The van der Waals surface area contributed by atoms with Crippen molar-refractivity contribution in [3.8, 4) is 23.0 Å². The molecule has 2 aromatic carbocycles. The second-order valence-electron chi connectivity index (χ2n) is 10.2. The van der Waals surface area contributed by atoms with E-state index in [0.717, 1.165) is 22.6 Å². The molecule has 4 heterocycles. The highest BCUT2D eigenvalue weighted by atomic mass is 16.7. The Bertz CT molecular complexity index is 1340. The van der Waals surface area contributed by atoms with Crippen LogP contribution in [0.1, 0.15) is 40.3 Å². The van der Waals surface area contributed by atoms with Crippen molar-refractivity contribution in [2.45, 2.75) is 38.3 Å². The number of piperidine rings is 1. The number of carbonyl (C=O) groups is 1. The van der Waals surface area contributed by atoms with Crippen molar-refractivity contribution in [3.63, 3.8) is 0 Å². The Balaban J connectivity index is 1.17. The number of hydrogen-bond donors (Lipinski definition) is 0. The second kappa shape index (κ2) is 11.4. The Morgan fingerprint density at radius 2 is 1.55 bits per heavy atom. The summed E-state index contributed by atoms with van der Waals surface area (Å²) in [5.74, 6) is 3.26. The molecular formula is C30H34N2O8. The lowest BCUT2D eigenvalue weighted by molar-refractivity contribution is -0.181. The van der Waals surface area contributed by atoms with E-state index in [1.807, 2.05) is 47.4 Å². The molecule has 40 heavy (non-hydrogen) atoms. The lowest BCUT2D eigenvalue weighted by Gasteiger charge is -2.37. The number of hydrogen-bond acceptors (Lipinski definition) is 9. The Kier molecular flexibility index (Phi) is 7.55. The first-order chi connectivity index (χ1) is 19.5. The van der Waals surface area contributed by atoms with Crippen LogP contribution in [-0.4, -0.2) is 68.8 Å². The molecule has 0 atom stereocenters. The number of methoxy groups -OCH3 is 2. The third-order valence-electron chi connectivity index (χ3n) is 7.58. The van der Waals surface area contributed by atoms with E-state index in [1.54, 1.807) is 20.3 Å². The topological polar surface area (TPSA) is 92.1 Å². The molecule has 3 aliphatic heterocycles. The molecule has 0 radical (unpaired) electrons. The normalized spacial score (nSPS) is 17.5. The molecule has 212 valence electrons. The molecule has 1 aromatic heterocycles. The number of amides is 1. The van der Waals surface area contributed by atoms with Crippen LogP contribution in [0, 0.1) is 0 Å². The summed E-state index contributed by atoms with van der Waals surface area (Å²) >= 11 is 0. The van der Waals surface area contributed by atoms with Gasteiger partial charge in [0, 0.05) is 39.0 Å². The second-order valence-corrected chi connectivity index (χ2v) is 10.2. The largest absolute Gasteiger partial charge is 0.493 e. The summed E-state index contributed by atoms with van der Waals surface area (Å²) in [6, 6.07) is 15.5. The average molecular weight is 551 g/mol. The van der Waals surface area contributed by atoms with Gasteiger partial charge in [-0.1, -0.05) is 12.1 Å². The summed E-state index contributed by atoms with van der Waals surface area (Å²) < 4.78 is 39.7. The molecule has 0 saturated carbocycles. The number of rotatable bonds is 9. The van der Waals surface area contributed by atoms with Gasteiger partial charge in [0.15, 0.2) is 34.5 Å². The number of benzene rings is 2. The lowest BCUT2D eigenvalue weighted by atomic mass is 10.0. The quantitative estimate of drug-likeness (QED) is 0.389. The molecular weight excluding hydrogens is 516 g/mol. The molecule has 3 aromatic rings. The third kappa shape index (κ3) is 5.60. The van der Waals surface area contributed by atoms with Crippen molar-refractivity contribution in [2.24, 2.45) is 0 Å². The van der Waals surface area contributed by atoms with Crippen LogP contribution >= 0.6 is 0 Å². The minimum absolute atomic E-state index is 0.110. The van der Waals surface area contributed by atoms with Gasteiger partial charge in [-0.2, -0.15) is 0 Å². The molecule has 2 fully saturated rings. The van der Waals surface area contributed by atoms with Crippen LogP contribution in [-0.2, 0) is 29.1 Å². The predicted molar refractivity (Wildman–Crippen MR) is 144 cm³/mol. The first kappa shape index (κ1) is 26.5.